The van der Waals surface area contributed by atoms with E-state index in [0.29, 0.717) is 11.1 Å². The number of phosphoric acid groups is 2. The summed E-state index contributed by atoms with van der Waals surface area (Å²) in [5.74, 6) is 4.88. The van der Waals surface area contributed by atoms with Crippen LogP contribution in [0.5, 0.6) is 11.5 Å². The number of hydrogen-bond donors (Lipinski definition) is 2. The van der Waals surface area contributed by atoms with Crippen LogP contribution in [-0.2, 0) is 50.0 Å². The van der Waals surface area contributed by atoms with E-state index in [1.807, 2.05) is 0 Å². The zero-order valence-corrected chi connectivity index (χ0v) is 33.5. The normalized spacial score (nSPS) is 18.5. The van der Waals surface area contributed by atoms with Gasteiger partial charge in [-0.3, -0.25) is 23.9 Å². The van der Waals surface area contributed by atoms with Gasteiger partial charge in [0.25, 0.3) is 11.0 Å². The van der Waals surface area contributed by atoms with E-state index in [0.717, 1.165) is 4.57 Å². The molecule has 0 bridgehead atoms. The summed E-state index contributed by atoms with van der Waals surface area (Å²) in [4.78, 5) is 78.9. The minimum atomic E-state index is -5.04. The van der Waals surface area contributed by atoms with Crippen LogP contribution < -0.4 is 41.8 Å². The summed E-state index contributed by atoms with van der Waals surface area (Å²) >= 11 is 0. The van der Waals surface area contributed by atoms with Gasteiger partial charge in [0, 0.05) is 22.5 Å². The Hall–Kier alpha value is -4.22. The number of phosphoric ester groups is 1. The Morgan fingerprint density at radius 1 is 0.911 bits per heavy atom. The first-order chi connectivity index (χ1) is 26.1. The SMILES string of the molecule is Cc1cn([C@H]2C[C@H]([N][N+]#N)[C@@H](CO[P+]([O-])(ON)O[P+]([O-])(OCc3ccc(OC(=O)C(C)(C)C)cc3)OCc3ccc(OC(=O)C(C)(C)C)cc3)O2)c(=O)[nH]c1=O. The second-order valence-electron chi connectivity index (χ2n) is 14.6. The highest BCUT2D eigenvalue weighted by Gasteiger charge is 2.53. The van der Waals surface area contributed by atoms with Crippen molar-refractivity contribution >= 4 is 28.3 Å². The molecule has 0 aliphatic carbocycles. The summed E-state index contributed by atoms with van der Waals surface area (Å²) < 4.78 is 43.9. The molecule has 2 aromatic carbocycles. The van der Waals surface area contributed by atoms with E-state index in [9.17, 15) is 29.0 Å². The highest BCUT2D eigenvalue weighted by atomic mass is 31.3. The molecule has 0 amide bonds. The van der Waals surface area contributed by atoms with Gasteiger partial charge in [0.15, 0.2) is 6.04 Å². The fraction of sp³-hybridized carbons (Fsp3) is 0.471. The van der Waals surface area contributed by atoms with Gasteiger partial charge in [0.1, 0.15) is 49.1 Å². The molecule has 3 aromatic rings. The number of aromatic amines is 1. The summed E-state index contributed by atoms with van der Waals surface area (Å²) in [5, 5.41) is 11.9. The maximum absolute atomic E-state index is 14.1. The van der Waals surface area contributed by atoms with Crippen molar-refractivity contribution in [2.75, 3.05) is 6.61 Å². The van der Waals surface area contributed by atoms with E-state index in [-0.39, 0.29) is 23.5 Å². The molecule has 1 fully saturated rings. The number of diazo groups is 1. The highest BCUT2D eigenvalue weighted by Crippen LogP contribution is 2.70. The van der Waals surface area contributed by atoms with Crippen molar-refractivity contribution in [1.29, 1.82) is 5.39 Å². The lowest BCUT2D eigenvalue weighted by Gasteiger charge is -2.29. The number of ether oxygens (including phenoxy) is 3. The molecule has 20 nitrogen and oxygen atoms in total. The molecule has 4 rings (SSSR count). The van der Waals surface area contributed by atoms with Crippen LogP contribution in [0.15, 0.2) is 64.3 Å². The van der Waals surface area contributed by atoms with Crippen molar-refractivity contribution in [3.63, 3.8) is 0 Å². The smallest absolute Gasteiger partial charge is 0.458 e. The summed E-state index contributed by atoms with van der Waals surface area (Å²) in [5.41, 5.74) is 1.79. The van der Waals surface area contributed by atoms with Gasteiger partial charge in [-0.25, -0.2) is 4.79 Å². The first-order valence-corrected chi connectivity index (χ1v) is 19.9. The van der Waals surface area contributed by atoms with Gasteiger partial charge in [-0.2, -0.15) is 19.5 Å². The molecule has 2 heterocycles. The van der Waals surface area contributed by atoms with Gasteiger partial charge in [-0.05, 0) is 83.9 Å². The molecule has 56 heavy (non-hydrogen) atoms. The number of hydrogen-bond acceptors (Lipinski definition) is 16. The Kier molecular flexibility index (Phi) is 14.6. The molecule has 4 atom stereocenters. The van der Waals surface area contributed by atoms with Crippen LogP contribution in [0.25, 0.3) is 5.08 Å². The average Bonchev–Trinajstić information content (AvgIpc) is 3.53. The predicted molar refractivity (Wildman–Crippen MR) is 194 cm³/mol. The molecule has 303 valence electrons. The highest BCUT2D eigenvalue weighted by molar-refractivity contribution is 7.67. The number of carbonyl (C=O) groups excluding carboxylic acids is 2. The van der Waals surface area contributed by atoms with Crippen molar-refractivity contribution in [2.24, 2.45) is 16.7 Å². The maximum Gasteiger partial charge on any atom is 0.458 e. The number of nitrogens with two attached hydrogens (primary N) is 1. The molecule has 3 N–H and O–H groups in total. The maximum atomic E-state index is 14.1. The lowest BCUT2D eigenvalue weighted by molar-refractivity contribution is -0.273. The molecule has 1 aromatic heterocycles. The van der Waals surface area contributed by atoms with E-state index in [4.69, 9.17) is 43.4 Å². The standard InChI is InChI=1S/C34H44N6O14P2/c1-21-17-40(32(44)37-29(21)41)28-16-26(38-39-35)27(52-28)20-49-56(46,53-36)54-55(45,47-18-22-8-12-24(13-9-22)50-30(42)33(2,3)4)48-19-23-10-14-25(15-11-23)51-31(43)34(5,6)7/h8-15,17,26-28H,16,18-20,36H2,1-7H3,(H,37,41,44)/q+1/t26-,27+,28+,56?/m0/s1. The molecular weight excluding hydrogens is 778 g/mol. The molecule has 0 spiro atoms. The fourth-order valence-corrected chi connectivity index (χ4v) is 7.38. The van der Waals surface area contributed by atoms with Crippen LogP contribution in [0.3, 0.4) is 0 Å². The fourth-order valence-electron chi connectivity index (χ4n) is 4.60. The number of esters is 2. The molecule has 22 heteroatoms. The largest absolute Gasteiger partial charge is 0.602 e. The zero-order chi connectivity index (χ0) is 41.5. The Morgan fingerprint density at radius 3 is 1.86 bits per heavy atom. The van der Waals surface area contributed by atoms with Crippen molar-refractivity contribution in [3.8, 4) is 11.5 Å². The van der Waals surface area contributed by atoms with E-state index < -0.39 is 88.6 Å². The van der Waals surface area contributed by atoms with E-state index in [1.54, 1.807) is 41.5 Å². The predicted octanol–water partition coefficient (Wildman–Crippen LogP) is 3.21. The monoisotopic (exact) mass is 822 g/mol. The first kappa shape index (κ1) is 44.5. The molecule has 1 saturated heterocycles. The van der Waals surface area contributed by atoms with Gasteiger partial charge in [-0.1, -0.05) is 28.9 Å². The summed E-state index contributed by atoms with van der Waals surface area (Å²) in [6.07, 6.45) is -0.987. The van der Waals surface area contributed by atoms with Crippen LogP contribution in [0.4, 0.5) is 0 Å². The van der Waals surface area contributed by atoms with Gasteiger partial charge in [-0.15, -0.1) is 0 Å². The lowest BCUT2D eigenvalue weighted by atomic mass is 9.97. The van der Waals surface area contributed by atoms with Gasteiger partial charge in [0.05, 0.1) is 10.8 Å². The molecule has 1 aliphatic heterocycles. The summed E-state index contributed by atoms with van der Waals surface area (Å²) in [6, 6.07) is 11.0. The number of nitrogens with one attached hydrogen (secondary N) is 1. The number of H-pyrrole nitrogens is 1. The Morgan fingerprint density at radius 2 is 1.41 bits per heavy atom. The number of carbonyl (C=O) groups is 2. The second kappa shape index (κ2) is 18.4. The van der Waals surface area contributed by atoms with E-state index in [1.165, 1.54) is 61.7 Å². The Labute approximate surface area is 323 Å². The molecular formula is C34H44N6O14P2+. The Balaban J connectivity index is 1.51. The van der Waals surface area contributed by atoms with Gasteiger partial charge >= 0.3 is 39.1 Å². The molecule has 1 aliphatic rings. The number of nitrogens with zero attached hydrogens (tertiary/aromatic N) is 4. The van der Waals surface area contributed by atoms with Gasteiger partial charge < -0.3 is 24.0 Å². The third kappa shape index (κ3) is 12.4. The minimum Gasteiger partial charge on any atom is -0.602 e. The first-order valence-electron chi connectivity index (χ1n) is 17.0. The number of rotatable bonds is 16. The number of aromatic nitrogens is 2. The topological polar surface area (TPSA) is 277 Å². The minimum absolute atomic E-state index is 0.0504. The van der Waals surface area contributed by atoms with Crippen molar-refractivity contribution in [3.05, 3.63) is 97.3 Å². The van der Waals surface area contributed by atoms with Crippen LogP contribution in [-0.4, -0.2) is 40.2 Å². The Bertz CT molecular complexity index is 1920. The molecule has 0 saturated carbocycles. The van der Waals surface area contributed by atoms with Gasteiger partial charge in [0.2, 0.25) is 0 Å². The average molecular weight is 823 g/mol. The zero-order valence-electron chi connectivity index (χ0n) is 31.7. The molecule has 1 radical (unpaired) electrons. The van der Waals surface area contributed by atoms with E-state index >= 15 is 0 Å². The quantitative estimate of drug-likeness (QED) is 0.0690. The second-order valence-corrected chi connectivity index (χ2v) is 18.0. The van der Waals surface area contributed by atoms with Crippen LogP contribution >= 0.6 is 16.3 Å². The molecule has 1 unspecified atom stereocenters. The van der Waals surface area contributed by atoms with Crippen molar-refractivity contribution in [2.45, 2.75) is 86.5 Å². The summed E-state index contributed by atoms with van der Waals surface area (Å²) in [7, 11) is -9.97. The van der Waals surface area contributed by atoms with E-state index in [2.05, 4.69) is 20.1 Å². The van der Waals surface area contributed by atoms with Crippen LogP contribution in [0.2, 0.25) is 0 Å². The lowest BCUT2D eigenvalue weighted by Crippen LogP contribution is -2.35. The third-order valence-electron chi connectivity index (χ3n) is 7.86. The number of benzene rings is 2. The van der Waals surface area contributed by atoms with Crippen LogP contribution in [0.1, 0.15) is 70.9 Å². The number of aryl methyl sites for hydroxylation is 1. The summed E-state index contributed by atoms with van der Waals surface area (Å²) in [6.45, 7) is 10.1. The van der Waals surface area contributed by atoms with Crippen LogP contribution in [0, 0.1) is 23.1 Å². The van der Waals surface area contributed by atoms with Crippen molar-refractivity contribution < 1.29 is 56.1 Å². The third-order valence-corrected chi connectivity index (χ3v) is 11.1. The van der Waals surface area contributed by atoms with Crippen molar-refractivity contribution in [1.82, 2.24) is 15.0 Å².